The Hall–Kier alpha value is -2.87. The second kappa shape index (κ2) is 9.75. The molecule has 8 nitrogen and oxygen atoms in total. The van der Waals surface area contributed by atoms with Gasteiger partial charge in [-0.3, -0.25) is 4.79 Å². The summed E-state index contributed by atoms with van der Waals surface area (Å²) < 4.78 is 15.3. The van der Waals surface area contributed by atoms with Crippen LogP contribution < -0.4 is 10.2 Å². The van der Waals surface area contributed by atoms with Crippen LogP contribution in [0.15, 0.2) is 29.5 Å². The third kappa shape index (κ3) is 4.64. The van der Waals surface area contributed by atoms with Crippen molar-refractivity contribution in [1.29, 1.82) is 0 Å². The Kier molecular flexibility index (Phi) is 7.10. The van der Waals surface area contributed by atoms with E-state index in [1.165, 1.54) is 14.2 Å². The second-order valence-electron chi connectivity index (χ2n) is 7.56. The summed E-state index contributed by atoms with van der Waals surface area (Å²) in [5.74, 6) is -1.40. The van der Waals surface area contributed by atoms with E-state index in [-0.39, 0.29) is 36.4 Å². The van der Waals surface area contributed by atoms with Gasteiger partial charge in [-0.05, 0) is 37.5 Å². The molecule has 0 spiro atoms. The number of ether oxygens (including phenoxy) is 3. The Labute approximate surface area is 176 Å². The number of nitrogens with zero attached hydrogens (tertiary/aromatic N) is 1. The maximum absolute atomic E-state index is 12.8. The van der Waals surface area contributed by atoms with Crippen LogP contribution >= 0.6 is 0 Å². The number of esters is 2. The normalized spacial score (nSPS) is 17.5. The van der Waals surface area contributed by atoms with Gasteiger partial charge >= 0.3 is 11.9 Å². The van der Waals surface area contributed by atoms with Gasteiger partial charge in [0, 0.05) is 5.92 Å². The number of amides is 1. The molecule has 1 aliphatic heterocycles. The minimum absolute atomic E-state index is 0.0215. The van der Waals surface area contributed by atoms with Crippen molar-refractivity contribution in [2.24, 2.45) is 5.92 Å². The van der Waals surface area contributed by atoms with E-state index in [9.17, 15) is 14.4 Å². The van der Waals surface area contributed by atoms with Crippen LogP contribution in [-0.4, -0.2) is 45.4 Å². The summed E-state index contributed by atoms with van der Waals surface area (Å²) >= 11 is 0. The number of benzene rings is 1. The van der Waals surface area contributed by atoms with Crippen molar-refractivity contribution in [3.05, 3.63) is 35.0 Å². The highest BCUT2D eigenvalue weighted by Gasteiger charge is 2.34. The number of anilines is 2. The standard InChI is InChI=1S/C22H28N2O6/c1-14-9-10-17(23-20(25)15-7-5-4-6-8-15)18(11-14)24-13-30-12-16(21(26)28-2)19(24)22(27)29-3/h9-11,15H,4-8,12-13H2,1-3H3,(H,23,25). The maximum atomic E-state index is 12.8. The summed E-state index contributed by atoms with van der Waals surface area (Å²) in [6, 6.07) is 5.52. The molecule has 1 aromatic carbocycles. The molecule has 1 amide bonds. The topological polar surface area (TPSA) is 94.2 Å². The quantitative estimate of drug-likeness (QED) is 0.738. The minimum atomic E-state index is -0.676. The lowest BCUT2D eigenvalue weighted by molar-refractivity contribution is -0.140. The molecule has 1 fully saturated rings. The third-order valence-electron chi connectivity index (χ3n) is 5.51. The molecule has 1 heterocycles. The van der Waals surface area contributed by atoms with Crippen LogP contribution in [0.5, 0.6) is 0 Å². The van der Waals surface area contributed by atoms with Gasteiger partial charge in [-0.1, -0.05) is 25.3 Å². The number of aryl methyl sites for hydroxylation is 1. The number of methoxy groups -OCH3 is 2. The molecule has 0 aromatic heterocycles. The molecule has 0 saturated heterocycles. The van der Waals surface area contributed by atoms with Crippen molar-refractivity contribution in [2.45, 2.75) is 39.0 Å². The highest BCUT2D eigenvalue weighted by Crippen LogP contribution is 2.34. The van der Waals surface area contributed by atoms with Crippen molar-refractivity contribution in [2.75, 3.05) is 37.8 Å². The van der Waals surface area contributed by atoms with E-state index in [0.717, 1.165) is 37.7 Å². The van der Waals surface area contributed by atoms with Crippen LogP contribution in [0, 0.1) is 12.8 Å². The molecular weight excluding hydrogens is 388 g/mol. The summed E-state index contributed by atoms with van der Waals surface area (Å²) in [6.45, 7) is 1.87. The van der Waals surface area contributed by atoms with E-state index in [1.54, 1.807) is 11.0 Å². The molecule has 3 rings (SSSR count). The lowest BCUT2D eigenvalue weighted by Gasteiger charge is -2.33. The van der Waals surface area contributed by atoms with E-state index in [1.807, 2.05) is 19.1 Å². The first kappa shape index (κ1) is 21.8. The fourth-order valence-corrected chi connectivity index (χ4v) is 3.90. The van der Waals surface area contributed by atoms with Gasteiger partial charge in [-0.2, -0.15) is 0 Å². The van der Waals surface area contributed by atoms with E-state index in [4.69, 9.17) is 14.2 Å². The first-order valence-electron chi connectivity index (χ1n) is 10.1. The number of nitrogens with one attached hydrogen (secondary N) is 1. The molecule has 0 atom stereocenters. The molecule has 162 valence electrons. The van der Waals surface area contributed by atoms with Crippen molar-refractivity contribution in [1.82, 2.24) is 0 Å². The zero-order chi connectivity index (χ0) is 21.7. The van der Waals surface area contributed by atoms with Crippen LogP contribution in [-0.2, 0) is 28.6 Å². The molecule has 1 aliphatic carbocycles. The fraction of sp³-hybridized carbons (Fsp3) is 0.500. The highest BCUT2D eigenvalue weighted by molar-refractivity contribution is 6.05. The van der Waals surface area contributed by atoms with Gasteiger partial charge in [-0.25, -0.2) is 9.59 Å². The predicted molar refractivity (Wildman–Crippen MR) is 111 cm³/mol. The van der Waals surface area contributed by atoms with Crippen LogP contribution in [0.1, 0.15) is 37.7 Å². The monoisotopic (exact) mass is 416 g/mol. The van der Waals surface area contributed by atoms with Gasteiger partial charge in [0.25, 0.3) is 0 Å². The average Bonchev–Trinajstić information content (AvgIpc) is 2.79. The Morgan fingerprint density at radius 1 is 1.07 bits per heavy atom. The van der Waals surface area contributed by atoms with E-state index >= 15 is 0 Å². The van der Waals surface area contributed by atoms with Gasteiger partial charge in [0.2, 0.25) is 5.91 Å². The Balaban J connectivity index is 2.00. The van der Waals surface area contributed by atoms with Gasteiger partial charge in [0.1, 0.15) is 12.4 Å². The molecule has 0 unspecified atom stereocenters. The zero-order valence-electron chi connectivity index (χ0n) is 17.7. The Morgan fingerprint density at radius 2 is 1.77 bits per heavy atom. The molecule has 1 aromatic rings. The summed E-state index contributed by atoms with van der Waals surface area (Å²) in [7, 11) is 2.49. The van der Waals surface area contributed by atoms with Gasteiger partial charge in [0.05, 0.1) is 37.8 Å². The third-order valence-corrected chi connectivity index (χ3v) is 5.51. The molecule has 2 aliphatic rings. The fourth-order valence-electron chi connectivity index (χ4n) is 3.90. The smallest absolute Gasteiger partial charge is 0.355 e. The van der Waals surface area contributed by atoms with Gasteiger partial charge in [-0.15, -0.1) is 0 Å². The van der Waals surface area contributed by atoms with Crippen molar-refractivity contribution in [3.63, 3.8) is 0 Å². The Morgan fingerprint density at radius 3 is 2.43 bits per heavy atom. The highest BCUT2D eigenvalue weighted by atomic mass is 16.5. The molecular formula is C22H28N2O6. The minimum Gasteiger partial charge on any atom is -0.466 e. The predicted octanol–water partition coefficient (Wildman–Crippen LogP) is 2.91. The summed E-state index contributed by atoms with van der Waals surface area (Å²) in [4.78, 5) is 39.2. The van der Waals surface area contributed by atoms with Gasteiger partial charge in [0.15, 0.2) is 0 Å². The average molecular weight is 416 g/mol. The number of carbonyl (C=O) groups is 3. The van der Waals surface area contributed by atoms with Gasteiger partial charge < -0.3 is 24.4 Å². The summed E-state index contributed by atoms with van der Waals surface area (Å²) in [5.41, 5.74) is 2.15. The molecule has 0 radical (unpaired) electrons. The number of hydrogen-bond donors (Lipinski definition) is 1. The molecule has 8 heteroatoms. The number of rotatable bonds is 5. The first-order chi connectivity index (χ1) is 14.5. The second-order valence-corrected chi connectivity index (χ2v) is 7.56. The van der Waals surface area contributed by atoms with E-state index in [2.05, 4.69) is 5.32 Å². The van der Waals surface area contributed by atoms with Crippen LogP contribution in [0.2, 0.25) is 0 Å². The van der Waals surface area contributed by atoms with Crippen LogP contribution in [0.25, 0.3) is 0 Å². The number of carbonyl (C=O) groups excluding carboxylic acids is 3. The largest absolute Gasteiger partial charge is 0.466 e. The molecule has 1 saturated carbocycles. The molecule has 0 bridgehead atoms. The SMILES string of the molecule is COC(=O)C1=C(C(=O)OC)N(c2cc(C)ccc2NC(=O)C2CCCCC2)COC1. The van der Waals surface area contributed by atoms with Crippen molar-refractivity contribution < 1.29 is 28.6 Å². The van der Waals surface area contributed by atoms with Crippen LogP contribution in [0.4, 0.5) is 11.4 Å². The molecule has 30 heavy (non-hydrogen) atoms. The lowest BCUT2D eigenvalue weighted by atomic mass is 9.88. The van der Waals surface area contributed by atoms with E-state index < -0.39 is 11.9 Å². The Bertz CT molecular complexity index is 857. The number of hydrogen-bond acceptors (Lipinski definition) is 7. The van der Waals surface area contributed by atoms with Crippen LogP contribution in [0.3, 0.4) is 0 Å². The summed E-state index contributed by atoms with van der Waals surface area (Å²) in [6.07, 6.45) is 5.01. The van der Waals surface area contributed by atoms with Crippen molar-refractivity contribution in [3.8, 4) is 0 Å². The lowest BCUT2D eigenvalue weighted by Crippen LogP contribution is -2.39. The summed E-state index contributed by atoms with van der Waals surface area (Å²) in [5, 5.41) is 3.01. The van der Waals surface area contributed by atoms with E-state index in [0.29, 0.717) is 11.4 Å². The molecule has 1 N–H and O–H groups in total. The van der Waals surface area contributed by atoms with Crippen molar-refractivity contribution >= 4 is 29.2 Å². The maximum Gasteiger partial charge on any atom is 0.355 e. The zero-order valence-corrected chi connectivity index (χ0v) is 17.7. The first-order valence-corrected chi connectivity index (χ1v) is 10.1.